The number of sulfonamides is 1. The Morgan fingerprint density at radius 2 is 1.78 bits per heavy atom. The number of hydrogen-bond donors (Lipinski definition) is 0. The van der Waals surface area contributed by atoms with Crippen LogP contribution in [0.25, 0.3) is 0 Å². The molecule has 2 unspecified atom stereocenters. The van der Waals surface area contributed by atoms with Crippen molar-refractivity contribution in [3.8, 4) is 0 Å². The van der Waals surface area contributed by atoms with E-state index in [4.69, 9.17) is 0 Å². The van der Waals surface area contributed by atoms with Crippen molar-refractivity contribution in [2.75, 3.05) is 0 Å². The van der Waals surface area contributed by atoms with Gasteiger partial charge in [0, 0.05) is 5.25 Å². The summed E-state index contributed by atoms with van der Waals surface area (Å²) < 4.78 is 64.8. The van der Waals surface area contributed by atoms with Gasteiger partial charge in [0.05, 0.1) is 10.3 Å². The Hall–Kier alpha value is -1.22. The van der Waals surface area contributed by atoms with Gasteiger partial charge >= 0.3 is 6.18 Å². The summed E-state index contributed by atoms with van der Waals surface area (Å²) in [6.45, 7) is 3.48. The molecule has 23 heavy (non-hydrogen) atoms. The van der Waals surface area contributed by atoms with E-state index in [1.54, 1.807) is 19.9 Å². The standard InChI is InChI=1S/C14H16F3NO3S2/c1-9(2)22-12-8-11(14(15,16)17)13(19)18(12)23(20,21)10-6-4-3-5-7-10/h3-7,9,11-12H,8H2,1-2H3. The molecule has 1 saturated heterocycles. The van der Waals surface area contributed by atoms with E-state index in [-0.39, 0.29) is 10.1 Å². The van der Waals surface area contributed by atoms with Crippen LogP contribution in [-0.2, 0) is 14.8 Å². The molecule has 1 aromatic carbocycles. The van der Waals surface area contributed by atoms with Crippen LogP contribution in [0.2, 0.25) is 0 Å². The van der Waals surface area contributed by atoms with Crippen molar-refractivity contribution >= 4 is 27.7 Å². The van der Waals surface area contributed by atoms with Crippen LogP contribution in [0.4, 0.5) is 13.2 Å². The first kappa shape index (κ1) is 18.1. The van der Waals surface area contributed by atoms with E-state index < -0.39 is 39.8 Å². The zero-order chi connectivity index (χ0) is 17.4. The van der Waals surface area contributed by atoms with Gasteiger partial charge in [0.25, 0.3) is 10.0 Å². The second kappa shape index (κ2) is 6.35. The zero-order valence-corrected chi connectivity index (χ0v) is 14.1. The second-order valence-electron chi connectivity index (χ2n) is 5.42. The summed E-state index contributed by atoms with van der Waals surface area (Å²) in [6.07, 6.45) is -5.31. The van der Waals surface area contributed by atoms with E-state index in [1.807, 2.05) is 0 Å². The lowest BCUT2D eigenvalue weighted by molar-refractivity contribution is -0.179. The van der Waals surface area contributed by atoms with Gasteiger partial charge in [-0.25, -0.2) is 12.7 Å². The van der Waals surface area contributed by atoms with Gasteiger partial charge in [0.2, 0.25) is 5.91 Å². The van der Waals surface area contributed by atoms with Crippen molar-refractivity contribution in [1.29, 1.82) is 0 Å². The van der Waals surface area contributed by atoms with Crippen molar-refractivity contribution in [2.45, 2.75) is 42.0 Å². The predicted molar refractivity (Wildman–Crippen MR) is 81.2 cm³/mol. The number of amides is 1. The molecule has 128 valence electrons. The summed E-state index contributed by atoms with van der Waals surface area (Å²) in [7, 11) is -4.31. The van der Waals surface area contributed by atoms with E-state index >= 15 is 0 Å². The highest BCUT2D eigenvalue weighted by Crippen LogP contribution is 2.44. The molecule has 1 aromatic rings. The van der Waals surface area contributed by atoms with Gasteiger partial charge in [-0.2, -0.15) is 13.2 Å². The molecule has 4 nitrogen and oxygen atoms in total. The van der Waals surface area contributed by atoms with Crippen molar-refractivity contribution in [3.05, 3.63) is 30.3 Å². The Labute approximate surface area is 137 Å². The predicted octanol–water partition coefficient (Wildman–Crippen LogP) is 3.25. The summed E-state index contributed by atoms with van der Waals surface area (Å²) >= 11 is 1.04. The molecule has 1 amide bonds. The van der Waals surface area contributed by atoms with Gasteiger partial charge in [0.15, 0.2) is 0 Å². The molecule has 0 aliphatic carbocycles. The van der Waals surface area contributed by atoms with Gasteiger partial charge in [0.1, 0.15) is 5.92 Å². The smallest absolute Gasteiger partial charge is 0.273 e. The SMILES string of the molecule is CC(C)SC1CC(C(F)(F)F)C(=O)N1S(=O)(=O)c1ccccc1. The van der Waals surface area contributed by atoms with Crippen LogP contribution in [0.1, 0.15) is 20.3 Å². The normalized spacial score (nSPS) is 22.9. The largest absolute Gasteiger partial charge is 0.400 e. The quantitative estimate of drug-likeness (QED) is 0.820. The number of rotatable bonds is 4. The molecule has 1 heterocycles. The number of carbonyl (C=O) groups excluding carboxylic acids is 1. The number of alkyl halides is 3. The summed E-state index contributed by atoms with van der Waals surface area (Å²) in [5, 5.41) is -1.17. The molecular weight excluding hydrogens is 351 g/mol. The molecule has 0 saturated carbocycles. The maximum absolute atomic E-state index is 13.0. The van der Waals surface area contributed by atoms with E-state index in [0.717, 1.165) is 11.8 Å². The van der Waals surface area contributed by atoms with Gasteiger partial charge in [-0.15, -0.1) is 11.8 Å². The second-order valence-corrected chi connectivity index (χ2v) is 9.00. The van der Waals surface area contributed by atoms with E-state index in [2.05, 4.69) is 0 Å². The van der Waals surface area contributed by atoms with Crippen LogP contribution >= 0.6 is 11.8 Å². The Kier molecular flexibility index (Phi) is 5.00. The van der Waals surface area contributed by atoms with E-state index in [0.29, 0.717) is 4.31 Å². The molecule has 2 atom stereocenters. The van der Waals surface area contributed by atoms with Gasteiger partial charge in [-0.3, -0.25) is 4.79 Å². The Morgan fingerprint density at radius 1 is 1.22 bits per heavy atom. The summed E-state index contributed by atoms with van der Waals surface area (Å²) in [5.41, 5.74) is 0. The summed E-state index contributed by atoms with van der Waals surface area (Å²) in [5.74, 6) is -3.68. The fourth-order valence-electron chi connectivity index (χ4n) is 2.37. The Morgan fingerprint density at radius 3 is 2.26 bits per heavy atom. The monoisotopic (exact) mass is 367 g/mol. The average molecular weight is 367 g/mol. The summed E-state index contributed by atoms with van der Waals surface area (Å²) in [6, 6.07) is 7.03. The van der Waals surface area contributed by atoms with Crippen molar-refractivity contribution in [3.63, 3.8) is 0 Å². The molecule has 1 aliphatic rings. The van der Waals surface area contributed by atoms with Gasteiger partial charge in [-0.05, 0) is 18.6 Å². The Bertz CT molecular complexity index is 674. The number of benzene rings is 1. The lowest BCUT2D eigenvalue weighted by atomic mass is 10.1. The molecule has 0 aromatic heterocycles. The van der Waals surface area contributed by atoms with Crippen LogP contribution in [0.5, 0.6) is 0 Å². The molecule has 1 aliphatic heterocycles. The lowest BCUT2D eigenvalue weighted by Gasteiger charge is -2.25. The van der Waals surface area contributed by atoms with Gasteiger partial charge < -0.3 is 0 Å². The van der Waals surface area contributed by atoms with Crippen LogP contribution in [0, 0.1) is 5.92 Å². The molecule has 0 spiro atoms. The minimum absolute atomic E-state index is 0.117. The third-order valence-corrected chi connectivity index (χ3v) is 6.55. The zero-order valence-electron chi connectivity index (χ0n) is 12.4. The molecule has 1 fully saturated rings. The fourth-order valence-corrected chi connectivity index (χ4v) is 5.49. The van der Waals surface area contributed by atoms with E-state index in [9.17, 15) is 26.4 Å². The number of thioether (sulfide) groups is 1. The molecule has 2 rings (SSSR count). The first-order chi connectivity index (χ1) is 10.5. The van der Waals surface area contributed by atoms with Crippen molar-refractivity contribution in [1.82, 2.24) is 4.31 Å². The number of halogens is 3. The average Bonchev–Trinajstić information content (AvgIpc) is 2.76. The molecule has 9 heteroatoms. The van der Waals surface area contributed by atoms with Crippen LogP contribution in [0.3, 0.4) is 0 Å². The molecular formula is C14H16F3NO3S2. The maximum atomic E-state index is 13.0. The minimum Gasteiger partial charge on any atom is -0.273 e. The Balaban J connectivity index is 2.46. The fraction of sp³-hybridized carbons (Fsp3) is 0.500. The van der Waals surface area contributed by atoms with Crippen LogP contribution < -0.4 is 0 Å². The highest BCUT2D eigenvalue weighted by atomic mass is 32.2. The first-order valence-electron chi connectivity index (χ1n) is 6.90. The third-order valence-electron chi connectivity index (χ3n) is 3.34. The highest BCUT2D eigenvalue weighted by Gasteiger charge is 2.57. The first-order valence-corrected chi connectivity index (χ1v) is 9.29. The highest BCUT2D eigenvalue weighted by molar-refractivity contribution is 8.01. The van der Waals surface area contributed by atoms with Crippen LogP contribution in [0.15, 0.2) is 35.2 Å². The van der Waals surface area contributed by atoms with E-state index in [1.165, 1.54) is 24.3 Å². The van der Waals surface area contributed by atoms with Gasteiger partial charge in [-0.1, -0.05) is 32.0 Å². The minimum atomic E-state index is -4.76. The molecule has 0 radical (unpaired) electrons. The maximum Gasteiger partial charge on any atom is 0.400 e. The number of nitrogens with zero attached hydrogens (tertiary/aromatic N) is 1. The van der Waals surface area contributed by atoms with Crippen LogP contribution in [-0.4, -0.2) is 35.4 Å². The van der Waals surface area contributed by atoms with Crippen molar-refractivity contribution < 1.29 is 26.4 Å². The lowest BCUT2D eigenvalue weighted by Crippen LogP contribution is -2.40. The van der Waals surface area contributed by atoms with Crippen molar-refractivity contribution in [2.24, 2.45) is 5.92 Å². The summed E-state index contributed by atoms with van der Waals surface area (Å²) in [4.78, 5) is 12.0. The molecule has 0 bridgehead atoms. The molecule has 0 N–H and O–H groups in total. The number of carbonyl (C=O) groups is 1. The third kappa shape index (κ3) is 3.65. The number of hydrogen-bond acceptors (Lipinski definition) is 4. The topological polar surface area (TPSA) is 54.5 Å².